The normalized spacial score (nSPS) is 12.0. The van der Waals surface area contributed by atoms with Crippen LogP contribution in [0.1, 0.15) is 21.8 Å². The molecule has 0 amide bonds. The zero-order valence-electron chi connectivity index (χ0n) is 19.3. The van der Waals surface area contributed by atoms with Crippen molar-refractivity contribution in [3.8, 4) is 0 Å². The molecule has 0 bridgehead atoms. The molecule has 1 unspecified atom stereocenters. The molecule has 35 heavy (non-hydrogen) atoms. The lowest BCUT2D eigenvalue weighted by Gasteiger charge is -2.34. The first-order chi connectivity index (χ1) is 17.3. The van der Waals surface area contributed by atoms with Crippen LogP contribution in [0.2, 0.25) is 0 Å². The highest BCUT2D eigenvalue weighted by Crippen LogP contribution is 2.67. The molecule has 0 saturated heterocycles. The van der Waals surface area contributed by atoms with E-state index in [0.717, 1.165) is 21.5 Å². The summed E-state index contributed by atoms with van der Waals surface area (Å²) >= 11 is 0. The third-order valence-electron chi connectivity index (χ3n) is 6.16. The number of carbonyl (C=O) groups excluding carboxylic acids is 1. The SMILES string of the molecule is O=C(OC(c1ccccc1)[P+](c1ccccc1)(c1ccccc1)c1ccccc1)c1ccccc1. The van der Waals surface area contributed by atoms with Gasteiger partial charge in [0.25, 0.3) is 0 Å². The second-order valence-corrected chi connectivity index (χ2v) is 11.7. The molecule has 0 saturated carbocycles. The minimum atomic E-state index is -2.50. The van der Waals surface area contributed by atoms with Crippen LogP contribution in [-0.2, 0) is 4.74 Å². The zero-order chi connectivity index (χ0) is 23.9. The predicted molar refractivity (Wildman–Crippen MR) is 146 cm³/mol. The average molecular weight is 474 g/mol. The molecule has 0 aromatic heterocycles. The second-order valence-electron chi connectivity index (χ2n) is 8.26. The lowest BCUT2D eigenvalue weighted by Crippen LogP contribution is -2.37. The Morgan fingerprint density at radius 1 is 0.486 bits per heavy atom. The number of benzene rings is 5. The first-order valence-corrected chi connectivity index (χ1v) is 13.5. The minimum Gasteiger partial charge on any atom is -0.418 e. The van der Waals surface area contributed by atoms with Crippen molar-refractivity contribution in [3.05, 3.63) is 163 Å². The Balaban J connectivity index is 1.82. The summed E-state index contributed by atoms with van der Waals surface area (Å²) in [5.74, 6) is -0.838. The van der Waals surface area contributed by atoms with Gasteiger partial charge in [-0.1, -0.05) is 103 Å². The van der Waals surface area contributed by atoms with E-state index in [1.54, 1.807) is 12.1 Å². The van der Waals surface area contributed by atoms with Gasteiger partial charge in [0.05, 0.1) is 5.56 Å². The zero-order valence-corrected chi connectivity index (χ0v) is 20.2. The maximum absolute atomic E-state index is 13.6. The van der Waals surface area contributed by atoms with Crippen molar-refractivity contribution in [1.82, 2.24) is 0 Å². The van der Waals surface area contributed by atoms with Crippen molar-refractivity contribution in [3.63, 3.8) is 0 Å². The van der Waals surface area contributed by atoms with Gasteiger partial charge in [0.15, 0.2) is 7.26 Å². The quantitative estimate of drug-likeness (QED) is 0.198. The molecule has 5 aromatic rings. The molecule has 0 aliphatic carbocycles. The summed E-state index contributed by atoms with van der Waals surface area (Å²) in [7, 11) is -2.50. The molecular formula is C32H26O2P+. The number of esters is 1. The molecule has 3 heteroatoms. The van der Waals surface area contributed by atoms with Crippen molar-refractivity contribution in [1.29, 1.82) is 0 Å². The van der Waals surface area contributed by atoms with Crippen LogP contribution in [0.5, 0.6) is 0 Å². The number of hydrogen-bond donors (Lipinski definition) is 0. The second kappa shape index (κ2) is 10.5. The summed E-state index contributed by atoms with van der Waals surface area (Å²) < 4.78 is 6.56. The Morgan fingerprint density at radius 3 is 1.23 bits per heavy atom. The standard InChI is InChI=1S/C32H26O2P/c33-31(26-16-6-1-7-17-26)34-32(27-18-8-2-9-19-27)35(28-20-10-3-11-21-28,29-22-12-4-13-23-29)30-24-14-5-15-25-30/h1-25,32H/q+1. The summed E-state index contributed by atoms with van der Waals surface area (Å²) in [6.07, 6.45) is 0. The minimum absolute atomic E-state index is 0.327. The molecule has 2 nitrogen and oxygen atoms in total. The number of carbonyl (C=O) groups is 1. The predicted octanol–water partition coefficient (Wildman–Crippen LogP) is 6.54. The Labute approximate surface area is 207 Å². The van der Waals surface area contributed by atoms with E-state index in [1.165, 1.54) is 0 Å². The molecular weight excluding hydrogens is 447 g/mol. The highest BCUT2D eigenvalue weighted by atomic mass is 31.2. The molecule has 0 N–H and O–H groups in total. The Bertz CT molecular complexity index is 1260. The van der Waals surface area contributed by atoms with E-state index >= 15 is 0 Å². The fraction of sp³-hybridized carbons (Fsp3) is 0.0312. The fourth-order valence-electron chi connectivity index (χ4n) is 4.57. The van der Waals surface area contributed by atoms with E-state index < -0.39 is 13.1 Å². The molecule has 0 spiro atoms. The van der Waals surface area contributed by atoms with Gasteiger partial charge in [-0.05, 0) is 48.5 Å². The maximum Gasteiger partial charge on any atom is 0.341 e. The van der Waals surface area contributed by atoms with Crippen molar-refractivity contribution < 1.29 is 9.53 Å². The van der Waals surface area contributed by atoms with Crippen LogP contribution in [-0.4, -0.2) is 5.97 Å². The Hall–Kier alpha value is -4.00. The van der Waals surface area contributed by atoms with Gasteiger partial charge in [-0.15, -0.1) is 0 Å². The molecule has 0 aliphatic rings. The van der Waals surface area contributed by atoms with Crippen LogP contribution >= 0.6 is 7.26 Å². The van der Waals surface area contributed by atoms with Gasteiger partial charge in [0.1, 0.15) is 15.9 Å². The van der Waals surface area contributed by atoms with Crippen molar-refractivity contribution in [2.24, 2.45) is 0 Å². The van der Waals surface area contributed by atoms with Gasteiger partial charge >= 0.3 is 5.97 Å². The average Bonchev–Trinajstić information content (AvgIpc) is 2.95. The van der Waals surface area contributed by atoms with Gasteiger partial charge in [0.2, 0.25) is 5.85 Å². The summed E-state index contributed by atoms with van der Waals surface area (Å²) in [4.78, 5) is 13.6. The van der Waals surface area contributed by atoms with Gasteiger partial charge < -0.3 is 4.74 Å². The van der Waals surface area contributed by atoms with Crippen LogP contribution in [0.15, 0.2) is 152 Å². The highest BCUT2D eigenvalue weighted by molar-refractivity contribution is 7.95. The van der Waals surface area contributed by atoms with Crippen LogP contribution in [0.4, 0.5) is 0 Å². The smallest absolute Gasteiger partial charge is 0.341 e. The van der Waals surface area contributed by atoms with E-state index in [0.29, 0.717) is 5.56 Å². The topological polar surface area (TPSA) is 26.3 Å². The lowest BCUT2D eigenvalue weighted by atomic mass is 10.2. The molecule has 5 aromatic carbocycles. The Kier molecular flexibility index (Phi) is 6.84. The van der Waals surface area contributed by atoms with E-state index in [1.807, 2.05) is 54.6 Å². The molecule has 0 aliphatic heterocycles. The largest absolute Gasteiger partial charge is 0.418 e. The number of hydrogen-bond acceptors (Lipinski definition) is 2. The lowest BCUT2D eigenvalue weighted by molar-refractivity contribution is 0.0448. The van der Waals surface area contributed by atoms with E-state index in [2.05, 4.69) is 84.9 Å². The fourth-order valence-corrected chi connectivity index (χ4v) is 9.08. The molecule has 0 heterocycles. The third-order valence-corrected chi connectivity index (χ3v) is 10.6. The van der Waals surface area contributed by atoms with E-state index in [9.17, 15) is 4.79 Å². The third kappa shape index (κ3) is 4.54. The van der Waals surface area contributed by atoms with Gasteiger partial charge in [-0.3, -0.25) is 0 Å². The summed E-state index contributed by atoms with van der Waals surface area (Å²) in [6, 6.07) is 50.9. The van der Waals surface area contributed by atoms with Crippen LogP contribution in [0.25, 0.3) is 0 Å². The van der Waals surface area contributed by atoms with E-state index in [-0.39, 0.29) is 5.97 Å². The molecule has 5 rings (SSSR count). The van der Waals surface area contributed by atoms with Gasteiger partial charge in [-0.2, -0.15) is 0 Å². The monoisotopic (exact) mass is 473 g/mol. The van der Waals surface area contributed by atoms with Crippen molar-refractivity contribution in [2.75, 3.05) is 0 Å². The van der Waals surface area contributed by atoms with Crippen molar-refractivity contribution >= 4 is 29.1 Å². The summed E-state index contributed by atoms with van der Waals surface area (Å²) in [5, 5.41) is 3.48. The number of ether oxygens (including phenoxy) is 1. The maximum atomic E-state index is 13.6. The molecule has 0 fully saturated rings. The Morgan fingerprint density at radius 2 is 0.829 bits per heavy atom. The first kappa shape index (κ1) is 22.8. The van der Waals surface area contributed by atoms with Crippen LogP contribution in [0.3, 0.4) is 0 Å². The first-order valence-electron chi connectivity index (χ1n) is 11.7. The van der Waals surface area contributed by atoms with Crippen LogP contribution < -0.4 is 15.9 Å². The number of rotatable bonds is 7. The van der Waals surface area contributed by atoms with Gasteiger partial charge in [0, 0.05) is 5.56 Å². The van der Waals surface area contributed by atoms with Gasteiger partial charge in [-0.25, -0.2) is 4.79 Å². The van der Waals surface area contributed by atoms with Crippen molar-refractivity contribution in [2.45, 2.75) is 5.85 Å². The summed E-state index contributed by atoms with van der Waals surface area (Å²) in [5.41, 5.74) is 1.52. The highest BCUT2D eigenvalue weighted by Gasteiger charge is 2.55. The molecule has 0 radical (unpaired) electrons. The molecule has 170 valence electrons. The van der Waals surface area contributed by atoms with Crippen LogP contribution in [0, 0.1) is 0 Å². The molecule has 1 atom stereocenters. The van der Waals surface area contributed by atoms with E-state index in [4.69, 9.17) is 4.74 Å². The summed E-state index contributed by atoms with van der Waals surface area (Å²) in [6.45, 7) is 0.